The van der Waals surface area contributed by atoms with Crippen molar-refractivity contribution in [2.75, 3.05) is 11.9 Å². The maximum absolute atomic E-state index is 11.7. The number of carbonyl (C=O) groups excluding carboxylic acids is 1. The van der Waals surface area contributed by atoms with Gasteiger partial charge < -0.3 is 10.1 Å². The number of nitrogens with one attached hydrogen (secondary N) is 3. The second-order valence-corrected chi connectivity index (χ2v) is 5.74. The second kappa shape index (κ2) is 6.47. The van der Waals surface area contributed by atoms with E-state index in [2.05, 4.69) is 34.7 Å². The number of fused-ring (bicyclic) bond motifs is 1. The molecule has 0 aliphatic heterocycles. The van der Waals surface area contributed by atoms with Crippen LogP contribution in [0.5, 0.6) is 5.75 Å². The van der Waals surface area contributed by atoms with Crippen LogP contribution in [0.1, 0.15) is 27.7 Å². The molecule has 0 bridgehead atoms. The number of benzene rings is 1. The quantitative estimate of drug-likeness (QED) is 0.791. The number of anilines is 1. The number of rotatable bonds is 5. The Morgan fingerprint density at radius 2 is 2.10 bits per heavy atom. The first-order valence-electron chi connectivity index (χ1n) is 7.14. The summed E-state index contributed by atoms with van der Waals surface area (Å²) < 4.78 is 5.67. The number of urea groups is 1. The van der Waals surface area contributed by atoms with Crippen LogP contribution in [-0.2, 0) is 0 Å². The van der Waals surface area contributed by atoms with Crippen LogP contribution in [0, 0.1) is 5.92 Å². The van der Waals surface area contributed by atoms with Crippen molar-refractivity contribution in [3.63, 3.8) is 0 Å². The predicted molar refractivity (Wildman–Crippen MR) is 83.7 cm³/mol. The monoisotopic (exact) mass is 290 g/mol. The first kappa shape index (κ1) is 15.2. The Kier molecular flexibility index (Phi) is 4.67. The van der Waals surface area contributed by atoms with Crippen molar-refractivity contribution in [3.05, 3.63) is 18.2 Å². The molecule has 6 heteroatoms. The fraction of sp³-hybridized carbons (Fsp3) is 0.467. The van der Waals surface area contributed by atoms with Crippen LogP contribution in [0.15, 0.2) is 18.2 Å². The van der Waals surface area contributed by atoms with E-state index in [1.807, 2.05) is 32.0 Å². The molecule has 0 fully saturated rings. The lowest BCUT2D eigenvalue weighted by Gasteiger charge is -2.09. The summed E-state index contributed by atoms with van der Waals surface area (Å²) in [5, 5.41) is 13.4. The Labute approximate surface area is 124 Å². The molecule has 0 radical (unpaired) electrons. The van der Waals surface area contributed by atoms with Gasteiger partial charge in [-0.05, 0) is 31.9 Å². The highest BCUT2D eigenvalue weighted by Crippen LogP contribution is 2.25. The van der Waals surface area contributed by atoms with Crippen molar-refractivity contribution < 1.29 is 9.53 Å². The highest BCUT2D eigenvalue weighted by Gasteiger charge is 2.10. The summed E-state index contributed by atoms with van der Waals surface area (Å²) in [5.41, 5.74) is 0.830. The van der Waals surface area contributed by atoms with Gasteiger partial charge in [0.1, 0.15) is 5.75 Å². The van der Waals surface area contributed by atoms with E-state index in [-0.39, 0.29) is 12.1 Å². The van der Waals surface area contributed by atoms with E-state index in [0.717, 1.165) is 16.7 Å². The van der Waals surface area contributed by atoms with E-state index in [1.165, 1.54) is 0 Å². The number of hydrogen-bond acceptors (Lipinski definition) is 3. The van der Waals surface area contributed by atoms with Crippen LogP contribution in [-0.4, -0.2) is 28.9 Å². The van der Waals surface area contributed by atoms with Gasteiger partial charge in [-0.15, -0.1) is 0 Å². The van der Waals surface area contributed by atoms with Crippen LogP contribution < -0.4 is 15.4 Å². The maximum atomic E-state index is 11.7. The molecule has 3 N–H and O–H groups in total. The van der Waals surface area contributed by atoms with Crippen LogP contribution in [0.4, 0.5) is 10.6 Å². The van der Waals surface area contributed by atoms with E-state index in [0.29, 0.717) is 18.3 Å². The molecule has 0 saturated heterocycles. The average Bonchev–Trinajstić information content (AvgIpc) is 2.78. The molecule has 0 spiro atoms. The molecule has 0 saturated carbocycles. The number of carbonyl (C=O) groups is 1. The van der Waals surface area contributed by atoms with Crippen LogP contribution in [0.25, 0.3) is 10.9 Å². The average molecular weight is 290 g/mol. The molecule has 0 aliphatic rings. The van der Waals surface area contributed by atoms with E-state index in [9.17, 15) is 4.79 Å². The van der Waals surface area contributed by atoms with E-state index >= 15 is 0 Å². The summed E-state index contributed by atoms with van der Waals surface area (Å²) in [7, 11) is 0. The predicted octanol–water partition coefficient (Wildman–Crippen LogP) is 3.13. The third kappa shape index (κ3) is 4.11. The summed E-state index contributed by atoms with van der Waals surface area (Å²) in [6.07, 6.45) is 0. The Balaban J connectivity index is 2.11. The molecule has 0 atom stereocenters. The van der Waals surface area contributed by atoms with Gasteiger partial charge in [0, 0.05) is 17.5 Å². The van der Waals surface area contributed by atoms with Crippen molar-refractivity contribution in [2.24, 2.45) is 5.92 Å². The summed E-state index contributed by atoms with van der Waals surface area (Å²) in [6.45, 7) is 8.68. The summed E-state index contributed by atoms with van der Waals surface area (Å²) >= 11 is 0. The van der Waals surface area contributed by atoms with Gasteiger partial charge in [-0.3, -0.25) is 10.4 Å². The summed E-state index contributed by atoms with van der Waals surface area (Å²) in [5.74, 6) is 1.77. The molecule has 0 aliphatic carbocycles. The van der Waals surface area contributed by atoms with Gasteiger partial charge in [-0.2, -0.15) is 5.10 Å². The van der Waals surface area contributed by atoms with Gasteiger partial charge in [0.15, 0.2) is 5.82 Å². The number of amides is 2. The molecule has 21 heavy (non-hydrogen) atoms. The highest BCUT2D eigenvalue weighted by molar-refractivity contribution is 5.99. The van der Waals surface area contributed by atoms with Crippen LogP contribution >= 0.6 is 0 Å². The van der Waals surface area contributed by atoms with Gasteiger partial charge >= 0.3 is 6.03 Å². The molecule has 2 aromatic rings. The topological polar surface area (TPSA) is 79.0 Å². The Hall–Kier alpha value is -2.24. The summed E-state index contributed by atoms with van der Waals surface area (Å²) in [6, 6.07) is 5.46. The first-order valence-corrected chi connectivity index (χ1v) is 7.14. The van der Waals surface area contributed by atoms with E-state index in [4.69, 9.17) is 4.74 Å². The van der Waals surface area contributed by atoms with Gasteiger partial charge in [0.25, 0.3) is 0 Å². The standard InChI is InChI=1S/C15H22N4O2/c1-9(2)8-21-11-5-6-12-13(7-11)18-19-14(12)17-15(20)16-10(3)4/h5-7,9-10H,8H2,1-4H3,(H3,16,17,18,19,20). The lowest BCUT2D eigenvalue weighted by molar-refractivity contribution is 0.250. The largest absolute Gasteiger partial charge is 0.493 e. The summed E-state index contributed by atoms with van der Waals surface area (Å²) in [4.78, 5) is 11.7. The molecule has 6 nitrogen and oxygen atoms in total. The number of H-pyrrole nitrogens is 1. The second-order valence-electron chi connectivity index (χ2n) is 5.74. The number of aromatic amines is 1. The zero-order valence-corrected chi connectivity index (χ0v) is 12.9. The number of ether oxygens (including phenoxy) is 1. The van der Waals surface area contributed by atoms with Crippen molar-refractivity contribution in [1.29, 1.82) is 0 Å². The molecule has 1 aromatic carbocycles. The Bertz CT molecular complexity index is 619. The minimum Gasteiger partial charge on any atom is -0.493 e. The normalized spacial score (nSPS) is 11.1. The van der Waals surface area contributed by atoms with Crippen LogP contribution in [0.2, 0.25) is 0 Å². The molecule has 0 unspecified atom stereocenters. The molecule has 1 aromatic heterocycles. The fourth-order valence-corrected chi connectivity index (χ4v) is 1.85. The molecular formula is C15H22N4O2. The highest BCUT2D eigenvalue weighted by atomic mass is 16.5. The van der Waals surface area contributed by atoms with Crippen molar-refractivity contribution in [1.82, 2.24) is 15.5 Å². The molecule has 114 valence electrons. The number of hydrogen-bond donors (Lipinski definition) is 3. The van der Waals surface area contributed by atoms with E-state index < -0.39 is 0 Å². The zero-order valence-electron chi connectivity index (χ0n) is 12.9. The number of aromatic nitrogens is 2. The van der Waals surface area contributed by atoms with Gasteiger partial charge in [-0.1, -0.05) is 13.8 Å². The van der Waals surface area contributed by atoms with Gasteiger partial charge in [0.05, 0.1) is 12.1 Å². The maximum Gasteiger partial charge on any atom is 0.320 e. The lowest BCUT2D eigenvalue weighted by Crippen LogP contribution is -2.34. The van der Waals surface area contributed by atoms with Crippen LogP contribution in [0.3, 0.4) is 0 Å². The molecule has 1 heterocycles. The Morgan fingerprint density at radius 3 is 2.76 bits per heavy atom. The van der Waals surface area contributed by atoms with Crippen molar-refractivity contribution in [3.8, 4) is 5.75 Å². The van der Waals surface area contributed by atoms with Gasteiger partial charge in [0.2, 0.25) is 0 Å². The number of nitrogens with zero attached hydrogens (tertiary/aromatic N) is 1. The lowest BCUT2D eigenvalue weighted by atomic mass is 10.2. The fourth-order valence-electron chi connectivity index (χ4n) is 1.85. The zero-order chi connectivity index (χ0) is 15.4. The SMILES string of the molecule is CC(C)COc1ccc2c(NC(=O)NC(C)C)n[nH]c2c1. The van der Waals surface area contributed by atoms with E-state index in [1.54, 1.807) is 0 Å². The minimum atomic E-state index is -0.265. The van der Waals surface area contributed by atoms with Crippen molar-refractivity contribution in [2.45, 2.75) is 33.7 Å². The first-order chi connectivity index (χ1) is 9.95. The Morgan fingerprint density at radius 1 is 1.33 bits per heavy atom. The van der Waals surface area contributed by atoms with Gasteiger partial charge in [-0.25, -0.2) is 4.79 Å². The molecule has 2 rings (SSSR count). The smallest absolute Gasteiger partial charge is 0.320 e. The molecule has 2 amide bonds. The third-order valence-corrected chi connectivity index (χ3v) is 2.77. The minimum absolute atomic E-state index is 0.0752. The molecular weight excluding hydrogens is 268 g/mol. The van der Waals surface area contributed by atoms with Crippen molar-refractivity contribution >= 4 is 22.8 Å². The third-order valence-electron chi connectivity index (χ3n) is 2.77.